The average molecular weight is 230 g/mol. The summed E-state index contributed by atoms with van der Waals surface area (Å²) in [6.45, 7) is 1.63. The summed E-state index contributed by atoms with van der Waals surface area (Å²) >= 11 is 0. The highest BCUT2D eigenvalue weighted by molar-refractivity contribution is 5.97. The first-order valence-electron chi connectivity index (χ1n) is 5.21. The molecule has 0 N–H and O–H groups in total. The number of aryl methyl sites for hydroxylation is 1. The van der Waals surface area contributed by atoms with Crippen molar-refractivity contribution in [3.05, 3.63) is 59.4 Å². The van der Waals surface area contributed by atoms with E-state index >= 15 is 0 Å². The fraction of sp³-hybridized carbons (Fsp3) is 0.154. The third kappa shape index (κ3) is 2.72. The van der Waals surface area contributed by atoms with Crippen molar-refractivity contribution in [1.82, 2.24) is 9.97 Å². The van der Waals surface area contributed by atoms with Crippen LogP contribution in [0.4, 0.5) is 4.39 Å². The van der Waals surface area contributed by atoms with Gasteiger partial charge >= 0.3 is 0 Å². The molecule has 0 unspecified atom stereocenters. The lowest BCUT2D eigenvalue weighted by Crippen LogP contribution is -2.06. The smallest absolute Gasteiger partial charge is 0.168 e. The number of ketones is 1. The second kappa shape index (κ2) is 4.82. The molecular formula is C13H11FN2O. The summed E-state index contributed by atoms with van der Waals surface area (Å²) in [5, 5.41) is 0. The molecule has 17 heavy (non-hydrogen) atoms. The third-order valence-electron chi connectivity index (χ3n) is 2.44. The van der Waals surface area contributed by atoms with E-state index in [2.05, 4.69) is 9.97 Å². The quantitative estimate of drug-likeness (QED) is 0.760. The predicted molar refractivity (Wildman–Crippen MR) is 61.2 cm³/mol. The van der Waals surface area contributed by atoms with Crippen molar-refractivity contribution in [2.45, 2.75) is 13.3 Å². The van der Waals surface area contributed by atoms with Crippen molar-refractivity contribution in [3.63, 3.8) is 0 Å². The summed E-state index contributed by atoms with van der Waals surface area (Å²) in [7, 11) is 0. The topological polar surface area (TPSA) is 42.9 Å². The van der Waals surface area contributed by atoms with Gasteiger partial charge in [-0.15, -0.1) is 0 Å². The van der Waals surface area contributed by atoms with Gasteiger partial charge in [-0.3, -0.25) is 14.8 Å². The molecule has 0 spiro atoms. The zero-order chi connectivity index (χ0) is 12.3. The van der Waals surface area contributed by atoms with Gasteiger partial charge in [0.2, 0.25) is 0 Å². The van der Waals surface area contributed by atoms with Crippen molar-refractivity contribution in [2.24, 2.45) is 0 Å². The average Bonchev–Trinajstić information content (AvgIpc) is 2.34. The second-order valence-corrected chi connectivity index (χ2v) is 3.76. The molecule has 86 valence electrons. The van der Waals surface area contributed by atoms with Crippen LogP contribution in [0.15, 0.2) is 36.8 Å². The second-order valence-electron chi connectivity index (χ2n) is 3.76. The molecule has 0 radical (unpaired) electrons. The Balaban J connectivity index is 2.18. The van der Waals surface area contributed by atoms with Crippen molar-refractivity contribution in [3.8, 4) is 0 Å². The molecule has 0 fully saturated rings. The number of hydrogen-bond acceptors (Lipinski definition) is 3. The molecule has 4 heteroatoms. The van der Waals surface area contributed by atoms with Gasteiger partial charge in [0, 0.05) is 24.2 Å². The van der Waals surface area contributed by atoms with Gasteiger partial charge in [0.15, 0.2) is 5.78 Å². The lowest BCUT2D eigenvalue weighted by Gasteiger charge is -2.02. The molecule has 0 amide bonds. The first-order chi connectivity index (χ1) is 8.16. The molecule has 3 nitrogen and oxygen atoms in total. The van der Waals surface area contributed by atoms with E-state index < -0.39 is 0 Å². The fourth-order valence-electron chi connectivity index (χ4n) is 1.51. The van der Waals surface area contributed by atoms with Gasteiger partial charge in [0.05, 0.1) is 12.1 Å². The molecule has 0 atom stereocenters. The molecule has 0 aliphatic rings. The molecule has 1 aromatic heterocycles. The van der Waals surface area contributed by atoms with E-state index in [9.17, 15) is 9.18 Å². The summed E-state index contributed by atoms with van der Waals surface area (Å²) in [6.07, 6.45) is 4.82. The molecule has 0 bridgehead atoms. The highest BCUT2D eigenvalue weighted by atomic mass is 19.1. The summed E-state index contributed by atoms with van der Waals surface area (Å²) < 4.78 is 13.1. The van der Waals surface area contributed by atoms with Crippen molar-refractivity contribution >= 4 is 5.78 Å². The Labute approximate surface area is 98.3 Å². The Kier molecular flexibility index (Phi) is 3.23. The van der Waals surface area contributed by atoms with Crippen LogP contribution < -0.4 is 0 Å². The number of aromatic nitrogens is 2. The van der Waals surface area contributed by atoms with E-state index in [1.807, 2.05) is 0 Å². The highest BCUT2D eigenvalue weighted by Crippen LogP contribution is 2.11. The number of carbonyl (C=O) groups excluding carboxylic acids is 1. The van der Waals surface area contributed by atoms with Gasteiger partial charge in [0.25, 0.3) is 0 Å². The number of nitrogens with zero attached hydrogens (tertiary/aromatic N) is 2. The molecule has 2 rings (SSSR count). The SMILES string of the molecule is Cc1cc(C(=O)Cc2cnccn2)ccc1F. The summed E-state index contributed by atoms with van der Waals surface area (Å²) in [5.74, 6) is -0.394. The Morgan fingerprint density at radius 2 is 2.18 bits per heavy atom. The van der Waals surface area contributed by atoms with Gasteiger partial charge in [0.1, 0.15) is 5.82 Å². The summed E-state index contributed by atoms with van der Waals surface area (Å²) in [6, 6.07) is 4.34. The Bertz CT molecular complexity index is 540. The van der Waals surface area contributed by atoms with Crippen LogP contribution in [0.1, 0.15) is 21.6 Å². The molecule has 2 aromatic rings. The summed E-state index contributed by atoms with van der Waals surface area (Å²) in [4.78, 5) is 19.8. The molecule has 1 heterocycles. The van der Waals surface area contributed by atoms with E-state index in [0.29, 0.717) is 16.8 Å². The molecular weight excluding hydrogens is 219 g/mol. The van der Waals surface area contributed by atoms with Gasteiger partial charge in [-0.05, 0) is 30.7 Å². The monoisotopic (exact) mass is 230 g/mol. The molecule has 0 aliphatic carbocycles. The van der Waals surface area contributed by atoms with Gasteiger partial charge in [-0.1, -0.05) is 0 Å². The van der Waals surface area contributed by atoms with Crippen molar-refractivity contribution in [2.75, 3.05) is 0 Å². The minimum absolute atomic E-state index is 0.0893. The maximum atomic E-state index is 13.1. The van der Waals surface area contributed by atoms with E-state index in [1.54, 1.807) is 31.6 Å². The lowest BCUT2D eigenvalue weighted by molar-refractivity contribution is 0.0991. The van der Waals surface area contributed by atoms with Crippen molar-refractivity contribution < 1.29 is 9.18 Å². The molecule has 0 aliphatic heterocycles. The Morgan fingerprint density at radius 1 is 1.35 bits per heavy atom. The molecule has 0 saturated carbocycles. The van der Waals surface area contributed by atoms with Gasteiger partial charge in [-0.25, -0.2) is 4.39 Å². The van der Waals surface area contributed by atoms with E-state index in [0.717, 1.165) is 0 Å². The molecule has 0 saturated heterocycles. The van der Waals surface area contributed by atoms with Gasteiger partial charge in [-0.2, -0.15) is 0 Å². The largest absolute Gasteiger partial charge is 0.294 e. The number of Topliss-reactive ketones (excluding diaryl/α,β-unsaturated/α-hetero) is 1. The van der Waals surface area contributed by atoms with Crippen molar-refractivity contribution in [1.29, 1.82) is 0 Å². The third-order valence-corrected chi connectivity index (χ3v) is 2.44. The first-order valence-corrected chi connectivity index (χ1v) is 5.21. The number of carbonyl (C=O) groups is 1. The number of halogens is 1. The minimum atomic E-state index is -0.305. The lowest BCUT2D eigenvalue weighted by atomic mass is 10.0. The van der Waals surface area contributed by atoms with Crippen LogP contribution in [0.3, 0.4) is 0 Å². The zero-order valence-corrected chi connectivity index (χ0v) is 9.35. The van der Waals surface area contributed by atoms with E-state index in [-0.39, 0.29) is 18.0 Å². The highest BCUT2D eigenvalue weighted by Gasteiger charge is 2.09. The fourth-order valence-corrected chi connectivity index (χ4v) is 1.51. The summed E-state index contributed by atoms with van der Waals surface area (Å²) in [5.41, 5.74) is 1.57. The normalized spacial score (nSPS) is 10.2. The Morgan fingerprint density at radius 3 is 2.82 bits per heavy atom. The molecule has 1 aromatic carbocycles. The number of benzene rings is 1. The van der Waals surface area contributed by atoms with Crippen LogP contribution >= 0.6 is 0 Å². The predicted octanol–water partition coefficient (Wildman–Crippen LogP) is 2.35. The van der Waals surface area contributed by atoms with E-state index in [1.165, 1.54) is 12.1 Å². The maximum absolute atomic E-state index is 13.1. The first kappa shape index (κ1) is 11.4. The maximum Gasteiger partial charge on any atom is 0.168 e. The number of hydrogen-bond donors (Lipinski definition) is 0. The van der Waals surface area contributed by atoms with Crippen LogP contribution in [0.5, 0.6) is 0 Å². The van der Waals surface area contributed by atoms with Gasteiger partial charge < -0.3 is 0 Å². The Hall–Kier alpha value is -2.10. The van der Waals surface area contributed by atoms with Crippen LogP contribution in [0, 0.1) is 12.7 Å². The number of rotatable bonds is 3. The van der Waals surface area contributed by atoms with Crippen LogP contribution in [-0.2, 0) is 6.42 Å². The van der Waals surface area contributed by atoms with E-state index in [4.69, 9.17) is 0 Å². The minimum Gasteiger partial charge on any atom is -0.294 e. The van der Waals surface area contributed by atoms with Crippen LogP contribution in [-0.4, -0.2) is 15.8 Å². The van der Waals surface area contributed by atoms with Crippen LogP contribution in [0.25, 0.3) is 0 Å². The zero-order valence-electron chi connectivity index (χ0n) is 9.35. The van der Waals surface area contributed by atoms with Crippen LogP contribution in [0.2, 0.25) is 0 Å². The standard InChI is InChI=1S/C13H11FN2O/c1-9-6-10(2-3-12(9)14)13(17)7-11-8-15-4-5-16-11/h2-6,8H,7H2,1H3.